The van der Waals surface area contributed by atoms with Crippen molar-refractivity contribution in [2.24, 2.45) is 0 Å². The predicted molar refractivity (Wildman–Crippen MR) is 82.6 cm³/mol. The number of hydrogen-bond donors (Lipinski definition) is 2. The molecule has 0 amide bonds. The molecule has 0 aliphatic heterocycles. The molecule has 0 spiro atoms. The Morgan fingerprint density at radius 3 is 2.78 bits per heavy atom. The summed E-state index contributed by atoms with van der Waals surface area (Å²) >= 11 is 1.29. The maximum absolute atomic E-state index is 12.1. The van der Waals surface area contributed by atoms with Gasteiger partial charge < -0.3 is 4.98 Å². The van der Waals surface area contributed by atoms with E-state index in [1.807, 2.05) is 36.4 Å². The Bertz CT molecular complexity index is 884. The van der Waals surface area contributed by atoms with Gasteiger partial charge in [-0.1, -0.05) is 42.1 Å². The summed E-state index contributed by atoms with van der Waals surface area (Å²) in [6.45, 7) is 0. The molecule has 3 aromatic rings. The minimum Gasteiger partial charge on any atom is -0.300 e. The molecule has 0 radical (unpaired) electrons. The predicted octanol–water partition coefficient (Wildman–Crippen LogP) is 1.04. The van der Waals surface area contributed by atoms with E-state index in [1.165, 1.54) is 11.8 Å². The van der Waals surface area contributed by atoms with Gasteiger partial charge in [-0.15, -0.1) is 5.10 Å². The van der Waals surface area contributed by atoms with Gasteiger partial charge in [-0.2, -0.15) is 5.26 Å². The number of aromatic amines is 2. The van der Waals surface area contributed by atoms with Crippen molar-refractivity contribution in [3.63, 3.8) is 0 Å². The third-order valence-electron chi connectivity index (χ3n) is 3.03. The van der Waals surface area contributed by atoms with Crippen LogP contribution in [0.1, 0.15) is 22.6 Å². The van der Waals surface area contributed by atoms with Crippen LogP contribution in [-0.4, -0.2) is 30.6 Å². The summed E-state index contributed by atoms with van der Waals surface area (Å²) in [5.41, 5.74) is 1.05. The van der Waals surface area contributed by atoms with Gasteiger partial charge in [0.05, 0.1) is 11.4 Å². The largest absolute Gasteiger partial charge is 0.300 e. The molecule has 0 aliphatic carbocycles. The molecule has 0 atom stereocenters. The van der Waals surface area contributed by atoms with Crippen LogP contribution in [0.2, 0.25) is 0 Å². The highest BCUT2D eigenvalue weighted by Crippen LogP contribution is 2.17. The molecule has 2 heterocycles. The number of H-pyrrole nitrogens is 2. The van der Waals surface area contributed by atoms with Crippen LogP contribution in [0.5, 0.6) is 0 Å². The Labute approximate surface area is 135 Å². The van der Waals surface area contributed by atoms with Crippen molar-refractivity contribution in [2.75, 3.05) is 0 Å². The molecule has 0 unspecified atom stereocenters. The molecule has 0 saturated heterocycles. The van der Waals surface area contributed by atoms with E-state index in [4.69, 9.17) is 0 Å². The van der Waals surface area contributed by atoms with Gasteiger partial charge in [0.15, 0.2) is 11.0 Å². The Hall–Kier alpha value is -2.99. The minimum atomic E-state index is -0.438. The lowest BCUT2D eigenvalue weighted by Gasteiger charge is -2.06. The van der Waals surface area contributed by atoms with Crippen LogP contribution < -0.4 is 5.56 Å². The second kappa shape index (κ2) is 6.85. The Kier molecular flexibility index (Phi) is 4.44. The molecule has 9 heteroatoms. The normalized spacial score (nSPS) is 10.4. The van der Waals surface area contributed by atoms with Crippen molar-refractivity contribution in [1.29, 1.82) is 5.26 Å². The number of thioether (sulfide) groups is 1. The Balaban J connectivity index is 1.87. The number of rotatable bonds is 5. The summed E-state index contributed by atoms with van der Waals surface area (Å²) in [6.07, 6.45) is 0.422. The molecule has 0 fully saturated rings. The van der Waals surface area contributed by atoms with Crippen LogP contribution in [0.15, 0.2) is 40.3 Å². The third kappa shape index (κ3) is 3.61. The molecule has 8 nitrogen and oxygen atoms in total. The van der Waals surface area contributed by atoms with Gasteiger partial charge in [-0.3, -0.25) is 4.79 Å². The molecule has 23 heavy (non-hydrogen) atoms. The summed E-state index contributed by atoms with van der Waals surface area (Å²) in [5, 5.41) is 23.0. The van der Waals surface area contributed by atoms with Crippen LogP contribution >= 0.6 is 11.8 Å². The Morgan fingerprint density at radius 1 is 1.26 bits per heavy atom. The summed E-state index contributed by atoms with van der Waals surface area (Å²) < 4.78 is 0. The van der Waals surface area contributed by atoms with Crippen molar-refractivity contribution >= 4 is 11.8 Å². The van der Waals surface area contributed by atoms with Gasteiger partial charge in [-0.25, -0.2) is 10.1 Å². The highest BCUT2D eigenvalue weighted by atomic mass is 32.2. The Morgan fingerprint density at radius 2 is 2.09 bits per heavy atom. The van der Waals surface area contributed by atoms with Crippen molar-refractivity contribution in [3.05, 3.63) is 63.3 Å². The quantitative estimate of drug-likeness (QED) is 0.530. The fourth-order valence-corrected chi connectivity index (χ4v) is 2.71. The van der Waals surface area contributed by atoms with Gasteiger partial charge in [0.25, 0.3) is 5.56 Å². The number of aromatic nitrogens is 6. The van der Waals surface area contributed by atoms with E-state index in [9.17, 15) is 10.1 Å². The standard InChI is InChI=1S/C14H11N7OS/c15-7-10-11(6-9-4-2-1-3-5-9)16-14(17-13(10)22)23-8-12-18-20-21-19-12/h1-5H,6,8H2,(H,16,17,22)(H,18,19,20,21). The molecule has 2 N–H and O–H groups in total. The summed E-state index contributed by atoms with van der Waals surface area (Å²) in [6, 6.07) is 11.5. The number of benzene rings is 1. The molecule has 2 aromatic heterocycles. The molecule has 0 aliphatic rings. The monoisotopic (exact) mass is 325 g/mol. The van der Waals surface area contributed by atoms with Gasteiger partial charge in [0.2, 0.25) is 0 Å². The lowest BCUT2D eigenvalue weighted by molar-refractivity contribution is 0.869. The van der Waals surface area contributed by atoms with Crippen LogP contribution in [0.4, 0.5) is 0 Å². The molecule has 114 valence electrons. The fourth-order valence-electron chi connectivity index (χ4n) is 1.97. The second-order valence-corrected chi connectivity index (χ2v) is 5.57. The van der Waals surface area contributed by atoms with Crippen LogP contribution in [0, 0.1) is 11.3 Å². The zero-order chi connectivity index (χ0) is 16.1. The molecule has 0 bridgehead atoms. The van der Waals surface area contributed by atoms with E-state index in [0.717, 1.165) is 5.56 Å². The van der Waals surface area contributed by atoms with Crippen molar-refractivity contribution in [2.45, 2.75) is 17.3 Å². The SMILES string of the molecule is N#Cc1c(Cc2ccccc2)nc(SCc2nnn[nH]2)[nH]c1=O. The number of nitrogens with one attached hydrogen (secondary N) is 2. The summed E-state index contributed by atoms with van der Waals surface area (Å²) in [7, 11) is 0. The van der Waals surface area contributed by atoms with Crippen molar-refractivity contribution in [3.8, 4) is 6.07 Å². The van der Waals surface area contributed by atoms with Crippen molar-refractivity contribution < 1.29 is 0 Å². The van der Waals surface area contributed by atoms with E-state index in [2.05, 4.69) is 30.6 Å². The van der Waals surface area contributed by atoms with E-state index in [1.54, 1.807) is 0 Å². The van der Waals surface area contributed by atoms with Crippen LogP contribution in [0.25, 0.3) is 0 Å². The first kappa shape index (κ1) is 14.9. The van der Waals surface area contributed by atoms with Gasteiger partial charge in [0, 0.05) is 6.42 Å². The average molecular weight is 325 g/mol. The number of nitrogens with zero attached hydrogens (tertiary/aromatic N) is 5. The number of tetrazole rings is 1. The van der Waals surface area contributed by atoms with Gasteiger partial charge in [-0.05, 0) is 16.0 Å². The lowest BCUT2D eigenvalue weighted by Crippen LogP contribution is -2.17. The maximum Gasteiger partial charge on any atom is 0.269 e. The number of hydrogen-bond acceptors (Lipinski definition) is 7. The smallest absolute Gasteiger partial charge is 0.269 e. The van der Waals surface area contributed by atoms with E-state index >= 15 is 0 Å². The number of nitriles is 1. The highest BCUT2D eigenvalue weighted by molar-refractivity contribution is 7.98. The first-order valence-electron chi connectivity index (χ1n) is 6.69. The fraction of sp³-hybridized carbons (Fsp3) is 0.143. The van der Waals surface area contributed by atoms with E-state index < -0.39 is 5.56 Å². The van der Waals surface area contributed by atoms with E-state index in [-0.39, 0.29) is 5.56 Å². The topological polar surface area (TPSA) is 124 Å². The lowest BCUT2D eigenvalue weighted by atomic mass is 10.1. The van der Waals surface area contributed by atoms with Gasteiger partial charge in [0.1, 0.15) is 11.6 Å². The molecule has 0 saturated carbocycles. The molecular weight excluding hydrogens is 314 g/mol. The molecule has 3 rings (SSSR count). The second-order valence-electron chi connectivity index (χ2n) is 4.60. The maximum atomic E-state index is 12.1. The first-order valence-corrected chi connectivity index (χ1v) is 7.67. The average Bonchev–Trinajstić information content (AvgIpc) is 3.07. The summed E-state index contributed by atoms with van der Waals surface area (Å²) in [4.78, 5) is 19.1. The zero-order valence-corrected chi connectivity index (χ0v) is 12.7. The highest BCUT2D eigenvalue weighted by Gasteiger charge is 2.12. The van der Waals surface area contributed by atoms with Gasteiger partial charge >= 0.3 is 0 Å². The van der Waals surface area contributed by atoms with Crippen molar-refractivity contribution in [1.82, 2.24) is 30.6 Å². The summed E-state index contributed by atoms with van der Waals surface area (Å²) in [5.74, 6) is 1.01. The van der Waals surface area contributed by atoms with E-state index in [0.29, 0.717) is 28.8 Å². The van der Waals surface area contributed by atoms with Crippen LogP contribution in [0.3, 0.4) is 0 Å². The first-order chi connectivity index (χ1) is 11.3. The van der Waals surface area contributed by atoms with Crippen LogP contribution in [-0.2, 0) is 12.2 Å². The minimum absolute atomic E-state index is 0.0412. The zero-order valence-electron chi connectivity index (χ0n) is 11.9. The molecular formula is C14H11N7OS. The third-order valence-corrected chi connectivity index (χ3v) is 3.92. The molecule has 1 aromatic carbocycles.